The van der Waals surface area contributed by atoms with Crippen molar-refractivity contribution in [3.8, 4) is 98.3 Å². The van der Waals surface area contributed by atoms with Crippen molar-refractivity contribution in [2.24, 2.45) is 4.99 Å². The van der Waals surface area contributed by atoms with Gasteiger partial charge in [-0.15, -0.1) is 22.7 Å². The number of fused-ring (bicyclic) bond motifs is 6. The van der Waals surface area contributed by atoms with Crippen LogP contribution >= 0.6 is 38.6 Å². The molecule has 0 amide bonds. The van der Waals surface area contributed by atoms with Crippen LogP contribution in [0.3, 0.4) is 0 Å². The Bertz CT molecular complexity index is 7820. The molecule has 0 aliphatic carbocycles. The number of rotatable bonds is 10. The summed E-state index contributed by atoms with van der Waals surface area (Å²) in [6.07, 6.45) is 13.0. The molecule has 3 radical (unpaired) electrons. The number of hydrogen-bond acceptors (Lipinski definition) is 9. The molecule has 1 aliphatic heterocycles. The molecule has 0 bridgehead atoms. The number of aromatic nitrogens is 3. The first-order valence-electron chi connectivity index (χ1n) is 53.7. The van der Waals surface area contributed by atoms with Crippen molar-refractivity contribution in [2.45, 2.75) is 13.0 Å². The van der Waals surface area contributed by atoms with Gasteiger partial charge in [-0.05, 0) is 166 Å². The molecule has 5 aromatic heterocycles. The second-order valence-electron chi connectivity index (χ2n) is 29.9. The first-order valence-corrected chi connectivity index (χ1v) is 42.2. The van der Waals surface area contributed by atoms with Gasteiger partial charge in [0.2, 0.25) is 0 Å². The van der Waals surface area contributed by atoms with E-state index in [4.69, 9.17) is 51.5 Å². The van der Waals surface area contributed by atoms with Crippen molar-refractivity contribution in [3.05, 3.63) is 391 Å². The Morgan fingerprint density at radius 3 is 1.30 bits per heavy atom. The van der Waals surface area contributed by atoms with Gasteiger partial charge in [-0.25, -0.2) is 4.98 Å². The lowest BCUT2D eigenvalue weighted by molar-refractivity contribution is 0.426. The molecule has 0 atom stereocenters. The highest BCUT2D eigenvalue weighted by Gasteiger charge is 2.29. The number of benzene rings is 17. The number of allylic oxidation sites excluding steroid dienone is 3. The number of pyridine rings is 3. The maximum Gasteiger partial charge on any atom is 0.489 e. The minimum atomic E-state index is -1.51. The molecule has 17 aromatic carbocycles. The highest BCUT2D eigenvalue weighted by Crippen LogP contribution is 2.57. The van der Waals surface area contributed by atoms with E-state index >= 15 is 0 Å². The van der Waals surface area contributed by atoms with Gasteiger partial charge < -0.3 is 16.2 Å². The first kappa shape index (κ1) is 61.7. The summed E-state index contributed by atoms with van der Waals surface area (Å²) in [5, 5.41) is 41.3. The number of hydrogen-bond donors (Lipinski definition) is 3. The molecule has 0 saturated heterocycles. The van der Waals surface area contributed by atoms with Crippen LogP contribution < -0.4 is 11.6 Å². The zero-order chi connectivity index (χ0) is 107. The van der Waals surface area contributed by atoms with Gasteiger partial charge in [0, 0.05) is 139 Å². The molecule has 5 N–H and O–H groups in total. The van der Waals surface area contributed by atoms with Gasteiger partial charge in [-0.1, -0.05) is 352 Å². The molecule has 12 heteroatoms. The van der Waals surface area contributed by atoms with Crippen LogP contribution in [0.2, 0.25) is 0 Å². The van der Waals surface area contributed by atoms with Gasteiger partial charge >= 0.3 is 7.12 Å². The fourth-order valence-corrected chi connectivity index (χ4v) is 21.1. The van der Waals surface area contributed by atoms with Crippen molar-refractivity contribution in [1.82, 2.24) is 21.1 Å². The number of halogens is 1. The highest BCUT2D eigenvalue weighted by atomic mass is 79.9. The van der Waals surface area contributed by atoms with Crippen LogP contribution in [0.4, 0.5) is 0 Å². The molecular formula is C108H103B2BrN5O2S2. The van der Waals surface area contributed by atoms with Crippen molar-refractivity contribution >= 4 is 180 Å². The molecule has 7 nitrogen and oxygen atoms in total. The topological polar surface area (TPSA) is 126 Å². The van der Waals surface area contributed by atoms with Gasteiger partial charge in [-0.2, -0.15) is 0 Å². The molecule has 597 valence electrons. The van der Waals surface area contributed by atoms with Crippen molar-refractivity contribution in [3.63, 3.8) is 0 Å². The summed E-state index contributed by atoms with van der Waals surface area (Å²) in [4.78, 5) is 23.2. The number of nitrogens with zero attached hydrogens (tertiary/aromatic N) is 4. The summed E-state index contributed by atoms with van der Waals surface area (Å²) >= 11 is 7.69. The third-order valence-electron chi connectivity index (χ3n) is 23.1. The standard InChI is InChI=1S/C54H36N2S.C32H19BrS.C22H15BN2O2.B.H3N.15H2/c1-2-12-33-55-34-48-35(14-5-1)27-32-47(56-48)43-30-31-45(42-22-11-10-21-41(42)43)53-51(36-15-6-3-7-16-36)52(37-17-8-4-9-18-37)54(57-53)46-29-26-40-24-23-38-19-13-20-39-25-28-44(46)50(40)49(38)39;33-32-30(21-10-5-2-6-11-21)29(20-8-3-1-4-9-20)31(34-32)26-19-17-24-15-14-22-12-7-13-23-16-18-25(26)28(24)27(22)23;26-23(27)19-11-10-18(16-5-1-2-6-17(16)19)20-12-9-15-8-7-14-4-3-13-24-21(14)22(15)25-20;;;;;;;;;;;;;;;;;/h2-33H,1,34H2;1-19H;1-13,26-27H;;1H3;15*1H/b12-2?,14-5-,55-33?;;;;;;;;;;;;;;;;;;;/i;;;;;14*1+1D;1+1. The molecule has 120 heavy (non-hydrogen) atoms. The fraction of sp³-hybridized carbons (Fsp3) is 0.0185. The Balaban J connectivity index is 0.000000433. The van der Waals surface area contributed by atoms with Crippen molar-refractivity contribution < 1.29 is 53.0 Å². The maximum absolute atomic E-state index is 9.67. The lowest BCUT2D eigenvalue weighted by Crippen LogP contribution is -2.30. The Morgan fingerprint density at radius 2 is 0.742 bits per heavy atom. The van der Waals surface area contributed by atoms with Crippen LogP contribution in [0.5, 0.6) is 0 Å². The first-order chi connectivity index (χ1) is 72.3. The van der Waals surface area contributed by atoms with Gasteiger partial charge in [-0.3, -0.25) is 15.0 Å². The van der Waals surface area contributed by atoms with Gasteiger partial charge in [0.1, 0.15) is 0 Å². The summed E-state index contributed by atoms with van der Waals surface area (Å²) in [7, 11) is -1.51. The van der Waals surface area contributed by atoms with Gasteiger partial charge in [0.15, 0.2) is 0 Å². The van der Waals surface area contributed by atoms with Crippen LogP contribution in [-0.4, -0.2) is 46.7 Å². The van der Waals surface area contributed by atoms with E-state index in [1.807, 2.05) is 83.5 Å². The third-order valence-corrected chi connectivity index (χ3v) is 26.3. The van der Waals surface area contributed by atoms with E-state index in [9.17, 15) is 10.0 Å². The van der Waals surface area contributed by atoms with Gasteiger partial charge in [0.25, 0.3) is 0 Å². The normalized spacial score (nSPS) is 13.2. The van der Waals surface area contributed by atoms with E-state index in [1.165, 1.54) is 155 Å². The molecule has 0 fully saturated rings. The fourth-order valence-electron chi connectivity index (χ4n) is 17.7. The predicted octanol–water partition coefficient (Wildman–Crippen LogP) is 32.2. The summed E-state index contributed by atoms with van der Waals surface area (Å²) in [5.41, 5.74) is 21.9. The molecule has 0 saturated carbocycles. The SMILES string of the molecule is Brc1sc(-c2ccc3ccc4cccc5ccc2c3c45)c(-c2ccccc2)c1-c1ccccc1.C1=CC/C=C\c2ccc(-c3ccc(-c4sc(-c5ccc6ccc7cccc8ccc5c6c78)c(-c5ccccc5)c4-c4ccccc4)c4ccccc34)nc2CN=C1.N.OB(O)c1ccc(-c2ccc3ccc4cccnc4c3n2)c2ccccc12.[2HH].[2H][2H].[2H][2H].[2H][2H].[2H][2H].[2H][2H].[2H][2H].[2H][2H].[2H][2H].[2H][2H].[2H][2H].[2H][2H].[2H][2H].[2H][2H].[2H][2H].[B]. The van der Waals surface area contributed by atoms with E-state index in [-0.39, 0.29) is 16.0 Å². The van der Waals surface area contributed by atoms with Crippen molar-refractivity contribution in [2.75, 3.05) is 0 Å². The van der Waals surface area contributed by atoms with E-state index < -0.39 is 7.12 Å². The zero-order valence-corrected chi connectivity index (χ0v) is 68.3. The average molecular weight is 1700 g/mol. The minimum absolute atomic E-state index is 0. The van der Waals surface area contributed by atoms with Crippen LogP contribution in [0, 0.1) is 0 Å². The lowest BCUT2D eigenvalue weighted by atomic mass is 9.76. The van der Waals surface area contributed by atoms with Gasteiger partial charge in [0.05, 0.1) is 38.4 Å². The van der Waals surface area contributed by atoms with E-state index in [2.05, 4.69) is 341 Å². The Hall–Kier alpha value is -13.7. The Labute approximate surface area is 757 Å². The summed E-state index contributed by atoms with van der Waals surface area (Å²) < 4.78 is 141. The summed E-state index contributed by atoms with van der Waals surface area (Å²) in [6, 6.07) is 125. The average Bonchev–Trinajstić information content (AvgIpc) is 1.69. The number of thiophene rings is 2. The molecule has 0 unspecified atom stereocenters. The Kier molecular flexibility index (Phi) is 16.8. The predicted molar refractivity (Wildman–Crippen MR) is 550 cm³/mol. The molecular weight excluding hydrogens is 1560 g/mol. The van der Waals surface area contributed by atoms with E-state index in [0.717, 1.165) is 72.8 Å². The zero-order valence-electron chi connectivity index (χ0n) is 93.1. The number of aliphatic imine (C=N–C) groups is 1. The Morgan fingerprint density at radius 1 is 0.342 bits per heavy atom. The lowest BCUT2D eigenvalue weighted by Gasteiger charge is -2.15. The smallest absolute Gasteiger partial charge is 0.423 e. The summed E-state index contributed by atoms with van der Waals surface area (Å²) in [6.45, 7) is 0.539. The molecule has 22 aromatic rings. The molecule has 23 rings (SSSR count). The van der Waals surface area contributed by atoms with Crippen LogP contribution in [0.1, 0.15) is 60.7 Å². The maximum atomic E-state index is 9.67. The monoisotopic (exact) mass is 1700 g/mol. The van der Waals surface area contributed by atoms with Crippen LogP contribution in [0.25, 0.3) is 212 Å². The largest absolute Gasteiger partial charge is 0.489 e. The molecule has 0 spiro atoms. The second-order valence-corrected chi connectivity index (χ2v) is 33.3. The minimum Gasteiger partial charge on any atom is -0.423 e. The van der Waals surface area contributed by atoms with E-state index in [1.54, 1.807) is 12.3 Å². The quantitative estimate of drug-likeness (QED) is 0.0925. The molecule has 6 heterocycles. The third kappa shape index (κ3) is 13.7. The van der Waals surface area contributed by atoms with Crippen molar-refractivity contribution in [1.29, 1.82) is 0 Å². The van der Waals surface area contributed by atoms with E-state index in [0.29, 0.717) is 12.0 Å². The highest BCUT2D eigenvalue weighted by molar-refractivity contribution is 9.11. The van der Waals surface area contributed by atoms with Crippen LogP contribution in [-0.2, 0) is 6.54 Å². The van der Waals surface area contributed by atoms with Crippen LogP contribution in [0.15, 0.2) is 385 Å². The summed E-state index contributed by atoms with van der Waals surface area (Å²) in [5.74, 6) is 0. The molecule has 1 aliphatic rings. The second kappa shape index (κ2) is 32.7.